The molecule has 0 spiro atoms. The molecule has 1 aliphatic rings. The van der Waals surface area contributed by atoms with Crippen molar-refractivity contribution in [2.24, 2.45) is 11.1 Å². The molecule has 3 rings (SSSR count). The molecule has 32 heavy (non-hydrogen) atoms. The summed E-state index contributed by atoms with van der Waals surface area (Å²) in [6.45, 7) is 4.13. The molecular formula is C24H29N3O5. The van der Waals surface area contributed by atoms with E-state index >= 15 is 0 Å². The molecule has 0 saturated carbocycles. The fraction of sp³-hybridized carbons (Fsp3) is 0.375. The number of hydrogen-bond donors (Lipinski definition) is 3. The number of carboxylic acids is 1. The molecule has 1 fully saturated rings. The zero-order valence-electron chi connectivity index (χ0n) is 18.3. The fourth-order valence-electron chi connectivity index (χ4n) is 3.93. The van der Waals surface area contributed by atoms with Gasteiger partial charge in [-0.1, -0.05) is 56.3 Å². The summed E-state index contributed by atoms with van der Waals surface area (Å²) in [7, 11) is 0. The average Bonchev–Trinajstić information content (AvgIpc) is 2.80. The molecule has 2 aromatic carbocycles. The zero-order valence-corrected chi connectivity index (χ0v) is 18.3. The first kappa shape index (κ1) is 23.3. The molecule has 170 valence electrons. The van der Waals surface area contributed by atoms with E-state index in [9.17, 15) is 14.4 Å². The van der Waals surface area contributed by atoms with Crippen LogP contribution in [0, 0.1) is 5.41 Å². The summed E-state index contributed by atoms with van der Waals surface area (Å²) in [5, 5.41) is 11.8. The lowest BCUT2D eigenvalue weighted by atomic mass is 9.72. The van der Waals surface area contributed by atoms with Crippen LogP contribution in [0.3, 0.4) is 0 Å². The van der Waals surface area contributed by atoms with Gasteiger partial charge >= 0.3 is 12.0 Å². The molecule has 8 heteroatoms. The van der Waals surface area contributed by atoms with Gasteiger partial charge < -0.3 is 20.9 Å². The third kappa shape index (κ3) is 4.60. The first-order valence-corrected chi connectivity index (χ1v) is 10.7. The van der Waals surface area contributed by atoms with Gasteiger partial charge in [0.2, 0.25) is 5.91 Å². The fourth-order valence-corrected chi connectivity index (χ4v) is 3.93. The van der Waals surface area contributed by atoms with Gasteiger partial charge in [-0.3, -0.25) is 9.59 Å². The van der Waals surface area contributed by atoms with E-state index in [2.05, 4.69) is 5.32 Å². The van der Waals surface area contributed by atoms with E-state index in [0.717, 1.165) is 16.0 Å². The molecule has 4 N–H and O–H groups in total. The van der Waals surface area contributed by atoms with Gasteiger partial charge in [-0.2, -0.15) is 0 Å². The highest BCUT2D eigenvalue weighted by molar-refractivity contribution is 6.03. The highest BCUT2D eigenvalue weighted by Crippen LogP contribution is 2.46. The van der Waals surface area contributed by atoms with Crippen LogP contribution >= 0.6 is 0 Å². The molecule has 2 atom stereocenters. The van der Waals surface area contributed by atoms with Crippen molar-refractivity contribution >= 4 is 17.9 Å². The van der Waals surface area contributed by atoms with Crippen LogP contribution in [0.1, 0.15) is 37.8 Å². The number of aliphatic carboxylic acids is 1. The number of carboxylic acid groups (broad SMARTS) is 1. The van der Waals surface area contributed by atoms with Gasteiger partial charge in [0, 0.05) is 6.54 Å². The van der Waals surface area contributed by atoms with Crippen molar-refractivity contribution in [3.8, 4) is 5.75 Å². The van der Waals surface area contributed by atoms with Crippen molar-refractivity contribution < 1.29 is 24.2 Å². The first-order chi connectivity index (χ1) is 15.3. The van der Waals surface area contributed by atoms with Crippen LogP contribution in [-0.4, -0.2) is 40.2 Å². The van der Waals surface area contributed by atoms with E-state index in [1.807, 2.05) is 44.2 Å². The molecule has 1 aliphatic heterocycles. The summed E-state index contributed by atoms with van der Waals surface area (Å²) < 4.78 is 6.11. The molecule has 8 nitrogen and oxygen atoms in total. The Labute approximate surface area is 187 Å². The third-order valence-electron chi connectivity index (χ3n) is 6.06. The number of nitrogens with one attached hydrogen (secondary N) is 1. The Bertz CT molecular complexity index is 957. The average molecular weight is 440 g/mol. The van der Waals surface area contributed by atoms with Crippen LogP contribution in [-0.2, 0) is 22.6 Å². The van der Waals surface area contributed by atoms with Crippen molar-refractivity contribution in [2.45, 2.75) is 51.9 Å². The Kier molecular flexibility index (Phi) is 7.15. The van der Waals surface area contributed by atoms with E-state index in [1.165, 1.54) is 0 Å². The van der Waals surface area contributed by atoms with E-state index in [-0.39, 0.29) is 12.3 Å². The van der Waals surface area contributed by atoms with Gasteiger partial charge in [-0.25, -0.2) is 9.69 Å². The van der Waals surface area contributed by atoms with Crippen molar-refractivity contribution in [1.82, 2.24) is 10.2 Å². The number of carbonyl (C=O) groups is 3. The van der Waals surface area contributed by atoms with Crippen molar-refractivity contribution in [3.63, 3.8) is 0 Å². The minimum absolute atomic E-state index is 0.194. The summed E-state index contributed by atoms with van der Waals surface area (Å²) in [4.78, 5) is 37.9. The molecule has 0 aliphatic carbocycles. The normalized spacial score (nSPS) is 17.9. The topological polar surface area (TPSA) is 122 Å². The number of carbonyl (C=O) groups excluding carboxylic acids is 2. The molecule has 1 unspecified atom stereocenters. The number of benzene rings is 2. The number of amides is 3. The maximum absolute atomic E-state index is 13.0. The number of ether oxygens (including phenoxy) is 1. The van der Waals surface area contributed by atoms with E-state index < -0.39 is 29.7 Å². The standard InChI is InChI=1S/C24H29N3O5/c1-3-24(4-2)21(30)27(23(31)26-15-17-8-6-5-7-9-17)22(24)32-18-12-10-16(11-13-18)14-19(25)20(28)29/h5-13,19,22H,3-4,14-15,25H2,1-2H3,(H,26,31)(H,28,29)/t19-,22?/m0/s1. The number of rotatable bonds is 9. The van der Waals surface area contributed by atoms with Crippen LogP contribution in [0.25, 0.3) is 0 Å². The molecule has 3 amide bonds. The lowest BCUT2D eigenvalue weighted by molar-refractivity contribution is -0.190. The first-order valence-electron chi connectivity index (χ1n) is 10.7. The quantitative estimate of drug-likeness (QED) is 0.517. The van der Waals surface area contributed by atoms with E-state index in [0.29, 0.717) is 25.1 Å². The second-order valence-electron chi connectivity index (χ2n) is 7.95. The van der Waals surface area contributed by atoms with Gasteiger partial charge in [-0.15, -0.1) is 0 Å². The Morgan fingerprint density at radius 1 is 1.09 bits per heavy atom. The summed E-state index contributed by atoms with van der Waals surface area (Å²) in [6, 6.07) is 14.8. The van der Waals surface area contributed by atoms with Crippen molar-refractivity contribution in [1.29, 1.82) is 0 Å². The highest BCUT2D eigenvalue weighted by atomic mass is 16.5. The van der Waals surface area contributed by atoms with E-state index in [1.54, 1.807) is 24.3 Å². The van der Waals surface area contributed by atoms with E-state index in [4.69, 9.17) is 15.6 Å². The molecule has 0 radical (unpaired) electrons. The molecule has 0 aromatic heterocycles. The number of likely N-dealkylation sites (tertiary alicyclic amines) is 1. The van der Waals surface area contributed by atoms with Crippen LogP contribution < -0.4 is 15.8 Å². The minimum atomic E-state index is -1.06. The third-order valence-corrected chi connectivity index (χ3v) is 6.06. The van der Waals surface area contributed by atoms with Crippen LogP contribution in [0.15, 0.2) is 54.6 Å². The highest BCUT2D eigenvalue weighted by Gasteiger charge is 2.62. The summed E-state index contributed by atoms with van der Waals surface area (Å²) >= 11 is 0. The zero-order chi connectivity index (χ0) is 23.3. The Hall–Kier alpha value is -3.39. The van der Waals surface area contributed by atoms with Gasteiger partial charge in [0.05, 0.1) is 0 Å². The molecule has 2 aromatic rings. The SMILES string of the molecule is CCC1(CC)C(=O)N(C(=O)NCc2ccccc2)C1Oc1ccc(C[C@H](N)C(=O)O)cc1. The predicted molar refractivity (Wildman–Crippen MR) is 119 cm³/mol. The van der Waals surface area contributed by atoms with Crippen molar-refractivity contribution in [3.05, 3.63) is 65.7 Å². The number of hydrogen-bond acceptors (Lipinski definition) is 5. The monoisotopic (exact) mass is 439 g/mol. The second-order valence-corrected chi connectivity index (χ2v) is 7.95. The minimum Gasteiger partial charge on any atom is -0.480 e. The molecular weight excluding hydrogens is 410 g/mol. The maximum atomic E-state index is 13.0. The van der Waals surface area contributed by atoms with Crippen LogP contribution in [0.4, 0.5) is 4.79 Å². The smallest absolute Gasteiger partial charge is 0.327 e. The summed E-state index contributed by atoms with van der Waals surface area (Å²) in [5.74, 6) is -0.824. The lowest BCUT2D eigenvalue weighted by Crippen LogP contribution is -2.73. The number of imide groups is 1. The summed E-state index contributed by atoms with van der Waals surface area (Å²) in [6.07, 6.45) is 0.550. The van der Waals surface area contributed by atoms with Crippen LogP contribution in [0.5, 0.6) is 5.75 Å². The second kappa shape index (κ2) is 9.82. The number of nitrogens with two attached hydrogens (primary N) is 1. The van der Waals surface area contributed by atoms with Crippen LogP contribution in [0.2, 0.25) is 0 Å². The predicted octanol–water partition coefficient (Wildman–Crippen LogP) is 2.90. The Morgan fingerprint density at radius 3 is 2.28 bits per heavy atom. The molecule has 0 bridgehead atoms. The number of urea groups is 1. The van der Waals surface area contributed by atoms with Gasteiger partial charge in [0.15, 0.2) is 6.23 Å². The lowest BCUT2D eigenvalue weighted by Gasteiger charge is -2.53. The molecule has 1 saturated heterocycles. The largest absolute Gasteiger partial charge is 0.480 e. The number of nitrogens with zero attached hydrogens (tertiary/aromatic N) is 1. The van der Waals surface area contributed by atoms with Gasteiger partial charge in [0.25, 0.3) is 0 Å². The van der Waals surface area contributed by atoms with Gasteiger partial charge in [0.1, 0.15) is 17.2 Å². The Balaban J connectivity index is 1.72. The van der Waals surface area contributed by atoms with Crippen molar-refractivity contribution in [2.75, 3.05) is 0 Å². The van der Waals surface area contributed by atoms with Gasteiger partial charge in [-0.05, 0) is 42.5 Å². The maximum Gasteiger partial charge on any atom is 0.327 e. The number of β-lactam (4-membered cyclic amide) rings is 1. The summed E-state index contributed by atoms with van der Waals surface area (Å²) in [5.41, 5.74) is 6.50. The molecule has 1 heterocycles. The Morgan fingerprint density at radius 2 is 1.72 bits per heavy atom.